The quantitative estimate of drug-likeness (QED) is 0.137. The van der Waals surface area contributed by atoms with Crippen LogP contribution in [0.3, 0.4) is 0 Å². The Morgan fingerprint density at radius 2 is 1.75 bits per heavy atom. The highest BCUT2D eigenvalue weighted by atomic mass is 32.2. The minimum Gasteiger partial charge on any atom is -0.459 e. The number of carbonyl (C=O) groups is 4. The van der Waals surface area contributed by atoms with Crippen molar-refractivity contribution in [1.82, 2.24) is 20.3 Å². The maximum absolute atomic E-state index is 12.7. The van der Waals surface area contributed by atoms with Gasteiger partial charge in [0.1, 0.15) is 12.1 Å². The molecule has 40 heavy (non-hydrogen) atoms. The molecule has 0 fully saturated rings. The fourth-order valence-corrected chi connectivity index (χ4v) is 4.70. The molecule has 0 aliphatic carbocycles. The van der Waals surface area contributed by atoms with E-state index >= 15 is 0 Å². The number of benzene rings is 1. The van der Waals surface area contributed by atoms with E-state index in [-0.39, 0.29) is 38.4 Å². The van der Waals surface area contributed by atoms with Crippen LogP contribution in [-0.4, -0.2) is 86.4 Å². The molecule has 1 aromatic rings. The van der Waals surface area contributed by atoms with Crippen LogP contribution in [0.4, 0.5) is 0 Å². The molecule has 13 nitrogen and oxygen atoms in total. The molecule has 0 saturated heterocycles. The predicted molar refractivity (Wildman–Crippen MR) is 148 cm³/mol. The Morgan fingerprint density at radius 1 is 1.10 bits per heavy atom. The van der Waals surface area contributed by atoms with Crippen LogP contribution < -0.4 is 21.7 Å². The van der Waals surface area contributed by atoms with Crippen molar-refractivity contribution in [2.24, 2.45) is 5.73 Å². The van der Waals surface area contributed by atoms with E-state index in [9.17, 15) is 27.6 Å². The molecule has 0 aliphatic heterocycles. The van der Waals surface area contributed by atoms with Crippen molar-refractivity contribution in [1.29, 1.82) is 5.26 Å². The summed E-state index contributed by atoms with van der Waals surface area (Å²) in [4.78, 5) is 48.9. The number of amides is 2. The number of nitrogens with one attached hydrogen (secondary N) is 3. The number of aryl methyl sites for hydroxylation is 1. The van der Waals surface area contributed by atoms with Crippen molar-refractivity contribution in [2.75, 3.05) is 38.5 Å². The number of carbonyl (C=O) groups excluding carboxylic acids is 4. The molecule has 14 heteroatoms. The van der Waals surface area contributed by atoms with Crippen LogP contribution in [0.15, 0.2) is 24.3 Å². The second-order valence-electron chi connectivity index (χ2n) is 10.1. The van der Waals surface area contributed by atoms with Crippen molar-refractivity contribution in [3.8, 4) is 6.07 Å². The summed E-state index contributed by atoms with van der Waals surface area (Å²) in [5.41, 5.74) is 6.91. The van der Waals surface area contributed by atoms with Crippen molar-refractivity contribution in [3.63, 3.8) is 0 Å². The topological polar surface area (TPSA) is 201 Å². The first-order valence-corrected chi connectivity index (χ1v) is 14.4. The molecule has 0 aromatic heterocycles. The summed E-state index contributed by atoms with van der Waals surface area (Å²) in [6.45, 7) is 5.42. The lowest BCUT2D eigenvalue weighted by Crippen LogP contribution is -2.50. The van der Waals surface area contributed by atoms with Gasteiger partial charge < -0.3 is 21.1 Å². The molecule has 1 aromatic carbocycles. The molecule has 0 aliphatic rings. The largest absolute Gasteiger partial charge is 0.459 e. The summed E-state index contributed by atoms with van der Waals surface area (Å²) in [5.74, 6) is -2.80. The van der Waals surface area contributed by atoms with Gasteiger partial charge in [0.2, 0.25) is 15.9 Å². The van der Waals surface area contributed by atoms with Gasteiger partial charge in [-0.1, -0.05) is 29.8 Å². The molecule has 5 N–H and O–H groups in total. The second kappa shape index (κ2) is 16.7. The lowest BCUT2D eigenvalue weighted by Gasteiger charge is -2.21. The second-order valence-corrected chi connectivity index (χ2v) is 12.1. The van der Waals surface area contributed by atoms with Crippen molar-refractivity contribution >= 4 is 33.6 Å². The standard InChI is InChI=1S/C26H40N6O7S/c1-19-7-9-20(10-8-19)15-31-23(34)6-5-13-40(37,38)32(12-11-27)24(35)17-29-16-22(33)21(14-28)30-18-25(36)39-26(2,3)4/h7-10,21,29-30H,5-6,12-18,28H2,1-4H3,(H,31,34). The van der Waals surface area contributed by atoms with Gasteiger partial charge in [-0.05, 0) is 39.7 Å². The molecule has 0 saturated carbocycles. The molecule has 0 spiro atoms. The van der Waals surface area contributed by atoms with Crippen LogP contribution in [0.5, 0.6) is 0 Å². The highest BCUT2D eigenvalue weighted by Gasteiger charge is 2.27. The van der Waals surface area contributed by atoms with E-state index in [0.717, 1.165) is 11.1 Å². The number of nitrogens with two attached hydrogens (primary N) is 1. The Morgan fingerprint density at radius 3 is 2.33 bits per heavy atom. The number of rotatable bonds is 17. The lowest BCUT2D eigenvalue weighted by atomic mass is 10.1. The van der Waals surface area contributed by atoms with Gasteiger partial charge in [-0.15, -0.1) is 0 Å². The first-order chi connectivity index (χ1) is 18.7. The van der Waals surface area contributed by atoms with Crippen LogP contribution >= 0.6 is 0 Å². The third-order valence-corrected chi connectivity index (χ3v) is 7.17. The molecule has 0 bridgehead atoms. The van der Waals surface area contributed by atoms with Crippen LogP contribution in [0, 0.1) is 18.3 Å². The van der Waals surface area contributed by atoms with Gasteiger partial charge in [0.05, 0.1) is 37.5 Å². The third kappa shape index (κ3) is 13.6. The maximum atomic E-state index is 12.7. The van der Waals surface area contributed by atoms with E-state index in [1.165, 1.54) is 0 Å². The number of hydrogen-bond acceptors (Lipinski definition) is 11. The Labute approximate surface area is 235 Å². The van der Waals surface area contributed by atoms with Gasteiger partial charge in [-0.2, -0.15) is 5.26 Å². The number of ketones is 1. The number of Topliss-reactive ketones (excluding diaryl/α,β-unsaturated/α-hetero) is 1. The maximum Gasteiger partial charge on any atom is 0.320 e. The van der Waals surface area contributed by atoms with Crippen LogP contribution in [0.1, 0.15) is 44.7 Å². The normalized spacial score (nSPS) is 12.2. The smallest absolute Gasteiger partial charge is 0.320 e. The monoisotopic (exact) mass is 580 g/mol. The van der Waals surface area contributed by atoms with Crippen LogP contribution in [-0.2, 0) is 40.5 Å². The summed E-state index contributed by atoms with van der Waals surface area (Å²) >= 11 is 0. The molecule has 1 rings (SSSR count). The Kier molecular flexibility index (Phi) is 14.4. The average Bonchev–Trinajstić information content (AvgIpc) is 2.86. The minimum absolute atomic E-state index is 0.0509. The predicted octanol–water partition coefficient (Wildman–Crippen LogP) is -0.509. The molecule has 222 valence electrons. The minimum atomic E-state index is -4.18. The molecule has 0 heterocycles. The zero-order valence-electron chi connectivity index (χ0n) is 23.5. The fourth-order valence-electron chi connectivity index (χ4n) is 3.34. The van der Waals surface area contributed by atoms with E-state index in [2.05, 4.69) is 16.0 Å². The van der Waals surface area contributed by atoms with E-state index < -0.39 is 58.2 Å². The van der Waals surface area contributed by atoms with Gasteiger partial charge in [0.25, 0.3) is 5.91 Å². The summed E-state index contributed by atoms with van der Waals surface area (Å²) in [7, 11) is -4.18. The van der Waals surface area contributed by atoms with Gasteiger partial charge in [-0.25, -0.2) is 12.7 Å². The Bertz CT molecular complexity index is 1160. The van der Waals surface area contributed by atoms with Gasteiger partial charge in [-0.3, -0.25) is 24.5 Å². The first kappa shape index (κ1) is 34.6. The number of nitriles is 1. The lowest BCUT2D eigenvalue weighted by molar-refractivity contribution is -0.153. The van der Waals surface area contributed by atoms with Crippen molar-refractivity contribution < 1.29 is 32.3 Å². The van der Waals surface area contributed by atoms with Gasteiger partial charge >= 0.3 is 5.97 Å². The summed E-state index contributed by atoms with van der Waals surface area (Å²) in [6, 6.07) is 8.34. The van der Waals surface area contributed by atoms with E-state index in [4.69, 9.17) is 15.7 Å². The van der Waals surface area contributed by atoms with E-state index in [1.807, 2.05) is 31.2 Å². The van der Waals surface area contributed by atoms with Gasteiger partial charge in [0, 0.05) is 19.5 Å². The van der Waals surface area contributed by atoms with Crippen molar-refractivity contribution in [2.45, 2.75) is 58.7 Å². The highest BCUT2D eigenvalue weighted by molar-refractivity contribution is 7.89. The summed E-state index contributed by atoms with van der Waals surface area (Å²) in [5, 5.41) is 17.0. The number of sulfonamides is 1. The number of hydrogen-bond donors (Lipinski definition) is 4. The molecule has 1 unspecified atom stereocenters. The SMILES string of the molecule is Cc1ccc(CNC(=O)CCCS(=O)(=O)N(CC#N)C(=O)CNCC(=O)C(CN)NCC(=O)OC(C)(C)C)cc1. The van der Waals surface area contributed by atoms with Crippen molar-refractivity contribution in [3.05, 3.63) is 35.4 Å². The summed E-state index contributed by atoms with van der Waals surface area (Å²) < 4.78 is 31.0. The average molecular weight is 581 g/mol. The molecule has 2 amide bonds. The third-order valence-electron chi connectivity index (χ3n) is 5.36. The summed E-state index contributed by atoms with van der Waals surface area (Å²) in [6.07, 6.45) is -0.131. The highest BCUT2D eigenvalue weighted by Crippen LogP contribution is 2.08. The molecule has 1 atom stereocenters. The Balaban J connectivity index is 2.52. The van der Waals surface area contributed by atoms with E-state index in [0.29, 0.717) is 10.8 Å². The first-order valence-electron chi connectivity index (χ1n) is 12.8. The number of ether oxygens (including phenoxy) is 1. The Hall–Kier alpha value is -3.38. The number of nitrogens with zero attached hydrogens (tertiary/aromatic N) is 2. The van der Waals surface area contributed by atoms with Crippen LogP contribution in [0.25, 0.3) is 0 Å². The number of esters is 1. The molecular weight excluding hydrogens is 540 g/mol. The van der Waals surface area contributed by atoms with E-state index in [1.54, 1.807) is 26.8 Å². The molecular formula is C26H40N6O7S. The fraction of sp³-hybridized carbons (Fsp3) is 0.577. The molecule has 0 radical (unpaired) electrons. The zero-order valence-corrected chi connectivity index (χ0v) is 24.3. The zero-order chi connectivity index (χ0) is 30.3. The van der Waals surface area contributed by atoms with Gasteiger partial charge in [0.15, 0.2) is 5.78 Å². The van der Waals surface area contributed by atoms with Crippen LogP contribution in [0.2, 0.25) is 0 Å².